The van der Waals surface area contributed by atoms with Crippen LogP contribution in [-0.2, 0) is 16.0 Å². The molecule has 120 valence electrons. The Hall–Kier alpha value is -2.82. The molecule has 23 heavy (non-hydrogen) atoms. The van der Waals surface area contributed by atoms with E-state index in [0.717, 1.165) is 11.3 Å². The normalized spacial score (nSPS) is 11.4. The van der Waals surface area contributed by atoms with Gasteiger partial charge in [-0.2, -0.15) is 0 Å². The van der Waals surface area contributed by atoms with Gasteiger partial charge in [0.2, 0.25) is 0 Å². The van der Waals surface area contributed by atoms with Crippen LogP contribution in [0.5, 0.6) is 5.75 Å². The zero-order valence-corrected chi connectivity index (χ0v) is 13.1. The molecular formula is C18H19NO4. The number of rotatable bonds is 6. The molecule has 0 aliphatic rings. The lowest BCUT2D eigenvalue weighted by molar-refractivity contribution is -0.142. The number of esters is 1. The van der Waals surface area contributed by atoms with Crippen LogP contribution in [0, 0.1) is 0 Å². The Morgan fingerprint density at radius 2 is 1.65 bits per heavy atom. The van der Waals surface area contributed by atoms with Crippen molar-refractivity contribution in [3.05, 3.63) is 65.7 Å². The van der Waals surface area contributed by atoms with Gasteiger partial charge in [-0.15, -0.1) is 0 Å². The lowest BCUT2D eigenvalue weighted by Gasteiger charge is -2.17. The first-order chi connectivity index (χ1) is 11.1. The number of ether oxygens (including phenoxy) is 2. The fourth-order valence-electron chi connectivity index (χ4n) is 2.16. The maximum atomic E-state index is 12.2. The predicted molar refractivity (Wildman–Crippen MR) is 86.4 cm³/mol. The third-order valence-electron chi connectivity index (χ3n) is 3.43. The largest absolute Gasteiger partial charge is 0.497 e. The lowest BCUT2D eigenvalue weighted by Crippen LogP contribution is -2.43. The fraction of sp³-hybridized carbons (Fsp3) is 0.222. The molecule has 5 heteroatoms. The topological polar surface area (TPSA) is 64.6 Å². The summed E-state index contributed by atoms with van der Waals surface area (Å²) in [6.07, 6.45) is 0.343. The monoisotopic (exact) mass is 313 g/mol. The third kappa shape index (κ3) is 4.57. The number of carbonyl (C=O) groups excluding carboxylic acids is 2. The molecule has 2 aromatic rings. The molecule has 0 aliphatic heterocycles. The summed E-state index contributed by atoms with van der Waals surface area (Å²) in [4.78, 5) is 24.2. The molecule has 0 fully saturated rings. The number of amides is 1. The molecule has 1 amide bonds. The van der Waals surface area contributed by atoms with E-state index >= 15 is 0 Å². The van der Waals surface area contributed by atoms with Gasteiger partial charge in [-0.25, -0.2) is 4.79 Å². The standard InChI is InChI=1S/C18H19NO4/c1-22-15-10-8-13(9-11-15)12-16(18(21)23-2)19-17(20)14-6-4-3-5-7-14/h3-11,16H,12H2,1-2H3,(H,19,20). The van der Waals surface area contributed by atoms with Crippen LogP contribution in [0.1, 0.15) is 15.9 Å². The molecule has 1 N–H and O–H groups in total. The molecule has 2 rings (SSSR count). The molecule has 0 saturated heterocycles. The van der Waals surface area contributed by atoms with Crippen LogP contribution in [0.25, 0.3) is 0 Å². The zero-order valence-electron chi connectivity index (χ0n) is 13.1. The Kier molecular flexibility index (Phi) is 5.74. The van der Waals surface area contributed by atoms with Crippen molar-refractivity contribution < 1.29 is 19.1 Å². The molecule has 0 saturated carbocycles. The van der Waals surface area contributed by atoms with Gasteiger partial charge in [0, 0.05) is 12.0 Å². The number of hydrogen-bond donors (Lipinski definition) is 1. The van der Waals surface area contributed by atoms with E-state index in [4.69, 9.17) is 9.47 Å². The molecular weight excluding hydrogens is 294 g/mol. The van der Waals surface area contributed by atoms with Gasteiger partial charge in [0.1, 0.15) is 11.8 Å². The highest BCUT2D eigenvalue weighted by molar-refractivity contribution is 5.96. The summed E-state index contributed by atoms with van der Waals surface area (Å²) < 4.78 is 9.89. The highest BCUT2D eigenvalue weighted by atomic mass is 16.5. The second kappa shape index (κ2) is 7.98. The first-order valence-corrected chi connectivity index (χ1v) is 7.20. The summed E-state index contributed by atoms with van der Waals surface area (Å²) in [7, 11) is 2.89. The average molecular weight is 313 g/mol. The summed E-state index contributed by atoms with van der Waals surface area (Å²) in [5, 5.41) is 2.72. The molecule has 0 bridgehead atoms. The molecule has 5 nitrogen and oxygen atoms in total. The summed E-state index contributed by atoms with van der Waals surface area (Å²) in [5.41, 5.74) is 1.39. The minimum Gasteiger partial charge on any atom is -0.497 e. The van der Waals surface area contributed by atoms with Crippen LogP contribution in [0.4, 0.5) is 0 Å². The van der Waals surface area contributed by atoms with Crippen molar-refractivity contribution in [2.75, 3.05) is 14.2 Å². The van der Waals surface area contributed by atoms with Crippen molar-refractivity contribution >= 4 is 11.9 Å². The first kappa shape index (κ1) is 16.5. The molecule has 1 unspecified atom stereocenters. The van der Waals surface area contributed by atoms with Gasteiger partial charge in [0.05, 0.1) is 14.2 Å². The van der Waals surface area contributed by atoms with Gasteiger partial charge in [-0.1, -0.05) is 30.3 Å². The van der Waals surface area contributed by atoms with E-state index in [1.807, 2.05) is 30.3 Å². The molecule has 0 aliphatic carbocycles. The Labute approximate surface area is 135 Å². The Morgan fingerprint density at radius 1 is 1.00 bits per heavy atom. The van der Waals surface area contributed by atoms with Crippen molar-refractivity contribution in [2.24, 2.45) is 0 Å². The van der Waals surface area contributed by atoms with Crippen LogP contribution in [0.3, 0.4) is 0 Å². The lowest BCUT2D eigenvalue weighted by atomic mass is 10.1. The minimum absolute atomic E-state index is 0.311. The van der Waals surface area contributed by atoms with Crippen molar-refractivity contribution in [3.63, 3.8) is 0 Å². The Balaban J connectivity index is 2.10. The molecule has 0 heterocycles. The highest BCUT2D eigenvalue weighted by Crippen LogP contribution is 2.13. The van der Waals surface area contributed by atoms with Crippen molar-refractivity contribution in [1.82, 2.24) is 5.32 Å². The number of hydrogen-bond acceptors (Lipinski definition) is 4. The smallest absolute Gasteiger partial charge is 0.328 e. The minimum atomic E-state index is -0.749. The third-order valence-corrected chi connectivity index (χ3v) is 3.43. The van der Waals surface area contributed by atoms with Gasteiger partial charge in [0.25, 0.3) is 5.91 Å². The second-order valence-electron chi connectivity index (χ2n) is 4.97. The Bertz CT molecular complexity index is 652. The van der Waals surface area contributed by atoms with Gasteiger partial charge < -0.3 is 14.8 Å². The summed E-state index contributed by atoms with van der Waals surface area (Å²) >= 11 is 0. The summed E-state index contributed by atoms with van der Waals surface area (Å²) in [5.74, 6) is -0.0590. The van der Waals surface area contributed by atoms with Crippen LogP contribution in [0.2, 0.25) is 0 Å². The highest BCUT2D eigenvalue weighted by Gasteiger charge is 2.22. The van der Waals surface area contributed by atoms with Crippen molar-refractivity contribution in [1.29, 1.82) is 0 Å². The van der Waals surface area contributed by atoms with Crippen molar-refractivity contribution in [2.45, 2.75) is 12.5 Å². The van der Waals surface area contributed by atoms with E-state index in [2.05, 4.69) is 5.32 Å². The van der Waals surface area contributed by atoms with E-state index in [1.165, 1.54) is 7.11 Å². The van der Waals surface area contributed by atoms with Gasteiger partial charge in [-0.3, -0.25) is 4.79 Å². The Morgan fingerprint density at radius 3 is 2.22 bits per heavy atom. The maximum absolute atomic E-state index is 12.2. The molecule has 2 aromatic carbocycles. The van der Waals surface area contributed by atoms with Crippen LogP contribution in [-0.4, -0.2) is 32.1 Å². The van der Waals surface area contributed by atoms with Crippen LogP contribution in [0.15, 0.2) is 54.6 Å². The van der Waals surface area contributed by atoms with E-state index < -0.39 is 12.0 Å². The number of benzene rings is 2. The second-order valence-corrected chi connectivity index (χ2v) is 4.97. The maximum Gasteiger partial charge on any atom is 0.328 e. The number of nitrogens with one attached hydrogen (secondary N) is 1. The van der Waals surface area contributed by atoms with E-state index in [1.54, 1.807) is 31.4 Å². The van der Waals surface area contributed by atoms with E-state index in [-0.39, 0.29) is 5.91 Å². The molecule has 0 radical (unpaired) electrons. The first-order valence-electron chi connectivity index (χ1n) is 7.20. The van der Waals surface area contributed by atoms with Gasteiger partial charge in [-0.05, 0) is 29.8 Å². The predicted octanol–water partition coefficient (Wildman–Crippen LogP) is 2.21. The number of carbonyl (C=O) groups is 2. The van der Waals surface area contributed by atoms with Crippen LogP contribution >= 0.6 is 0 Å². The SMILES string of the molecule is COC(=O)C(Cc1ccc(OC)cc1)NC(=O)c1ccccc1. The molecule has 0 aromatic heterocycles. The summed E-state index contributed by atoms with van der Waals surface area (Å²) in [6.45, 7) is 0. The van der Waals surface area contributed by atoms with E-state index in [0.29, 0.717) is 12.0 Å². The van der Waals surface area contributed by atoms with E-state index in [9.17, 15) is 9.59 Å². The zero-order chi connectivity index (χ0) is 16.7. The molecule has 0 spiro atoms. The molecule has 1 atom stereocenters. The van der Waals surface area contributed by atoms with Crippen LogP contribution < -0.4 is 10.1 Å². The number of methoxy groups -OCH3 is 2. The van der Waals surface area contributed by atoms with Gasteiger partial charge >= 0.3 is 5.97 Å². The van der Waals surface area contributed by atoms with Crippen molar-refractivity contribution in [3.8, 4) is 5.75 Å². The average Bonchev–Trinajstić information content (AvgIpc) is 2.61. The fourth-order valence-corrected chi connectivity index (χ4v) is 2.16. The quantitative estimate of drug-likeness (QED) is 0.831. The summed E-state index contributed by atoms with van der Waals surface area (Å²) in [6, 6.07) is 15.3. The van der Waals surface area contributed by atoms with Gasteiger partial charge in [0.15, 0.2) is 0 Å².